The van der Waals surface area contributed by atoms with Crippen LogP contribution in [0.1, 0.15) is 45.7 Å². The summed E-state index contributed by atoms with van der Waals surface area (Å²) in [5.41, 5.74) is 4.82. The zero-order valence-electron chi connectivity index (χ0n) is 17.7. The van der Waals surface area contributed by atoms with Gasteiger partial charge >= 0.3 is 0 Å². The van der Waals surface area contributed by atoms with E-state index < -0.39 is 5.60 Å². The van der Waals surface area contributed by atoms with Crippen LogP contribution in [0.2, 0.25) is 0 Å². The molecule has 0 spiro atoms. The minimum absolute atomic E-state index is 0.0318. The number of benzene rings is 3. The van der Waals surface area contributed by atoms with Gasteiger partial charge in [-0.15, -0.1) is 0 Å². The van der Waals surface area contributed by atoms with Crippen LogP contribution in [0.5, 0.6) is 0 Å². The lowest BCUT2D eigenvalue weighted by atomic mass is 9.71. The largest absolute Gasteiger partial charge is 0.394 e. The first-order chi connectivity index (χ1) is 12.6. The molecule has 0 aromatic heterocycles. The predicted molar refractivity (Wildman–Crippen MR) is 123 cm³/mol. The molecule has 27 heavy (non-hydrogen) atoms. The van der Waals surface area contributed by atoms with E-state index in [9.17, 15) is 5.11 Å². The molecule has 4 heteroatoms. The normalized spacial score (nSPS) is 12.8. The summed E-state index contributed by atoms with van der Waals surface area (Å²) in [7, 11) is 4.47. The molecule has 0 radical (unpaired) electrons. The summed E-state index contributed by atoms with van der Waals surface area (Å²) in [6, 6.07) is 13.2. The number of fused-ring (bicyclic) bond motifs is 2. The summed E-state index contributed by atoms with van der Waals surface area (Å²) >= 11 is 0. The van der Waals surface area contributed by atoms with Crippen LogP contribution >= 0.6 is 0 Å². The van der Waals surface area contributed by atoms with Crippen LogP contribution in [-0.4, -0.2) is 34.0 Å². The van der Waals surface area contributed by atoms with Crippen LogP contribution in [0.3, 0.4) is 0 Å². The van der Waals surface area contributed by atoms with E-state index in [2.05, 4.69) is 86.7 Å². The van der Waals surface area contributed by atoms with Gasteiger partial charge in [-0.3, -0.25) is 0 Å². The number of hydrogen-bond acceptors (Lipinski definition) is 2. The van der Waals surface area contributed by atoms with Crippen LogP contribution < -0.4 is 10.9 Å². The summed E-state index contributed by atoms with van der Waals surface area (Å²) in [5, 5.41) is 14.5. The number of hydrogen-bond donors (Lipinski definition) is 1. The third-order valence-electron chi connectivity index (χ3n) is 5.70. The highest BCUT2D eigenvalue weighted by molar-refractivity contribution is 6.54. The van der Waals surface area contributed by atoms with Crippen molar-refractivity contribution in [2.45, 2.75) is 45.6 Å². The molecule has 0 atom stereocenters. The molecule has 3 aromatic carbocycles. The molecule has 0 saturated heterocycles. The fourth-order valence-electron chi connectivity index (χ4n) is 4.31. The number of aliphatic hydroxyl groups excluding tert-OH is 1. The van der Waals surface area contributed by atoms with Gasteiger partial charge in [-0.2, -0.15) is 0 Å². The molecule has 2 nitrogen and oxygen atoms in total. The number of aliphatic hydroxyl groups is 1. The van der Waals surface area contributed by atoms with E-state index in [1.165, 1.54) is 43.6 Å². The maximum atomic E-state index is 9.21. The SMILES string of the molecule is Bc1c2cccc(C(C)(C)OCCO)c2c(B)c2cccc(C(C)(C)C)c12. The summed E-state index contributed by atoms with van der Waals surface area (Å²) in [5.74, 6) is 0. The molecular formula is C23H30B2O2. The zero-order chi connectivity index (χ0) is 20.0. The quantitative estimate of drug-likeness (QED) is 0.570. The first-order valence-corrected chi connectivity index (χ1v) is 9.80. The standard InChI is InChI=1S/C23H30B2O2/c1-22(2,3)16-10-6-8-14-18(16)20(24)15-9-7-11-17(19(15)21(14)25)23(4,5)27-13-12-26/h6-11,26H,12-13,24-25H2,1-5H3. The van der Waals surface area contributed by atoms with E-state index in [0.29, 0.717) is 6.61 Å². The lowest BCUT2D eigenvalue weighted by Gasteiger charge is -2.30. The van der Waals surface area contributed by atoms with Crippen LogP contribution in [-0.2, 0) is 15.8 Å². The van der Waals surface area contributed by atoms with Crippen molar-refractivity contribution in [1.29, 1.82) is 0 Å². The lowest BCUT2D eigenvalue weighted by molar-refractivity contribution is -0.0359. The Morgan fingerprint density at radius 2 is 1.30 bits per heavy atom. The molecule has 3 rings (SSSR count). The Kier molecular flexibility index (Phi) is 5.18. The molecule has 0 unspecified atom stereocenters. The predicted octanol–water partition coefficient (Wildman–Crippen LogP) is 2.05. The number of ether oxygens (including phenoxy) is 1. The van der Waals surface area contributed by atoms with Crippen LogP contribution in [0, 0.1) is 0 Å². The Labute approximate surface area is 164 Å². The Balaban J connectivity index is 2.44. The molecule has 0 saturated carbocycles. The van der Waals surface area contributed by atoms with Crippen LogP contribution in [0.25, 0.3) is 21.5 Å². The van der Waals surface area contributed by atoms with Gasteiger partial charge in [0.15, 0.2) is 0 Å². The molecule has 0 heterocycles. The van der Waals surface area contributed by atoms with Gasteiger partial charge in [0, 0.05) is 0 Å². The Morgan fingerprint density at radius 3 is 1.78 bits per heavy atom. The molecule has 0 fully saturated rings. The first-order valence-electron chi connectivity index (χ1n) is 9.80. The average molecular weight is 360 g/mol. The van der Waals surface area contributed by atoms with E-state index in [0.717, 1.165) is 0 Å². The van der Waals surface area contributed by atoms with Crippen LogP contribution in [0.4, 0.5) is 0 Å². The van der Waals surface area contributed by atoms with Crippen molar-refractivity contribution in [3.63, 3.8) is 0 Å². The van der Waals surface area contributed by atoms with Crippen molar-refractivity contribution in [2.24, 2.45) is 0 Å². The van der Waals surface area contributed by atoms with Gasteiger partial charge in [0.2, 0.25) is 0 Å². The van der Waals surface area contributed by atoms with E-state index >= 15 is 0 Å². The van der Waals surface area contributed by atoms with E-state index in [1.807, 2.05) is 0 Å². The summed E-state index contributed by atoms with van der Waals surface area (Å²) in [6.45, 7) is 11.4. The minimum atomic E-state index is -0.464. The molecule has 0 bridgehead atoms. The third kappa shape index (κ3) is 3.41. The van der Waals surface area contributed by atoms with E-state index in [1.54, 1.807) is 0 Å². The van der Waals surface area contributed by atoms with E-state index in [-0.39, 0.29) is 12.0 Å². The summed E-state index contributed by atoms with van der Waals surface area (Å²) in [4.78, 5) is 0. The van der Waals surface area contributed by atoms with Crippen LogP contribution in [0.15, 0.2) is 36.4 Å². The maximum absolute atomic E-state index is 9.21. The molecule has 3 aromatic rings. The van der Waals surface area contributed by atoms with Crippen molar-refractivity contribution in [1.82, 2.24) is 0 Å². The van der Waals surface area contributed by atoms with Gasteiger partial charge in [-0.05, 0) is 51.9 Å². The monoisotopic (exact) mass is 360 g/mol. The fourth-order valence-corrected chi connectivity index (χ4v) is 4.31. The first kappa shape index (κ1) is 20.0. The highest BCUT2D eigenvalue weighted by atomic mass is 16.5. The maximum Gasteiger partial charge on any atom is 0.140 e. The highest BCUT2D eigenvalue weighted by Crippen LogP contribution is 2.34. The second-order valence-electron chi connectivity index (χ2n) is 9.04. The Morgan fingerprint density at radius 1 is 0.815 bits per heavy atom. The van der Waals surface area contributed by atoms with Crippen molar-refractivity contribution in [3.8, 4) is 0 Å². The van der Waals surface area contributed by atoms with Gasteiger partial charge in [0.1, 0.15) is 15.7 Å². The molecule has 0 amide bonds. The van der Waals surface area contributed by atoms with Crippen molar-refractivity contribution < 1.29 is 9.84 Å². The molecule has 0 aliphatic heterocycles. The zero-order valence-corrected chi connectivity index (χ0v) is 17.7. The second kappa shape index (κ2) is 7.00. The molecular weight excluding hydrogens is 330 g/mol. The topological polar surface area (TPSA) is 29.5 Å². The molecule has 0 aliphatic rings. The highest BCUT2D eigenvalue weighted by Gasteiger charge is 2.26. The lowest BCUT2D eigenvalue weighted by Crippen LogP contribution is -2.28. The van der Waals surface area contributed by atoms with E-state index in [4.69, 9.17) is 4.74 Å². The Bertz CT molecular complexity index is 1000. The van der Waals surface area contributed by atoms with Gasteiger partial charge in [0.05, 0.1) is 18.8 Å². The Hall–Kier alpha value is -1.77. The summed E-state index contributed by atoms with van der Waals surface area (Å²) < 4.78 is 6.01. The third-order valence-corrected chi connectivity index (χ3v) is 5.70. The molecule has 0 aliphatic carbocycles. The summed E-state index contributed by atoms with van der Waals surface area (Å²) in [6.07, 6.45) is 0. The van der Waals surface area contributed by atoms with Gasteiger partial charge in [0.25, 0.3) is 0 Å². The van der Waals surface area contributed by atoms with Gasteiger partial charge in [-0.25, -0.2) is 0 Å². The number of rotatable bonds is 4. The van der Waals surface area contributed by atoms with Gasteiger partial charge in [-0.1, -0.05) is 68.1 Å². The smallest absolute Gasteiger partial charge is 0.140 e. The van der Waals surface area contributed by atoms with Crippen molar-refractivity contribution in [3.05, 3.63) is 47.5 Å². The molecule has 140 valence electrons. The molecule has 1 N–H and O–H groups in total. The van der Waals surface area contributed by atoms with Gasteiger partial charge < -0.3 is 9.84 Å². The fraction of sp³-hybridized carbons (Fsp3) is 0.391. The average Bonchev–Trinajstić information content (AvgIpc) is 2.62. The minimum Gasteiger partial charge on any atom is -0.394 e. The van der Waals surface area contributed by atoms with Crippen molar-refractivity contribution in [2.75, 3.05) is 13.2 Å². The van der Waals surface area contributed by atoms with Crippen molar-refractivity contribution >= 4 is 48.2 Å². The second-order valence-corrected chi connectivity index (χ2v) is 9.04.